The van der Waals surface area contributed by atoms with Crippen LogP contribution in [0.25, 0.3) is 11.0 Å². The quantitative estimate of drug-likeness (QED) is 0.672. The van der Waals surface area contributed by atoms with Crippen molar-refractivity contribution >= 4 is 11.0 Å². The van der Waals surface area contributed by atoms with Crippen LogP contribution in [-0.4, -0.2) is 21.3 Å². The molecule has 0 aliphatic carbocycles. The summed E-state index contributed by atoms with van der Waals surface area (Å²) in [4.78, 5) is 4.59. The lowest BCUT2D eigenvalue weighted by Crippen LogP contribution is -2.11. The Morgan fingerprint density at radius 3 is 2.61 bits per heavy atom. The van der Waals surface area contributed by atoms with Gasteiger partial charge in [-0.3, -0.25) is 0 Å². The predicted molar refractivity (Wildman–Crippen MR) is 91.5 cm³/mol. The predicted octanol–water partition coefficient (Wildman–Crippen LogP) is 3.95. The van der Waals surface area contributed by atoms with Crippen molar-refractivity contribution in [2.75, 3.05) is 6.61 Å². The molecule has 1 aromatic heterocycles. The minimum atomic E-state index is -0.530. The molecule has 2 aromatic carbocycles. The summed E-state index contributed by atoms with van der Waals surface area (Å²) in [5.74, 6) is 1.63. The van der Waals surface area contributed by atoms with Gasteiger partial charge in [-0.15, -0.1) is 0 Å². The van der Waals surface area contributed by atoms with Crippen LogP contribution in [0.1, 0.15) is 31.7 Å². The average molecular weight is 310 g/mol. The van der Waals surface area contributed by atoms with E-state index in [2.05, 4.69) is 9.55 Å². The monoisotopic (exact) mass is 310 g/mol. The molecule has 1 heterocycles. The summed E-state index contributed by atoms with van der Waals surface area (Å²) >= 11 is 0. The van der Waals surface area contributed by atoms with Gasteiger partial charge in [-0.1, -0.05) is 37.3 Å². The molecule has 23 heavy (non-hydrogen) atoms. The molecular weight excluding hydrogens is 288 g/mol. The number of hydrogen-bond acceptors (Lipinski definition) is 3. The summed E-state index contributed by atoms with van der Waals surface area (Å²) in [6.07, 6.45) is 0.986. The highest BCUT2D eigenvalue weighted by Crippen LogP contribution is 2.23. The van der Waals surface area contributed by atoms with Gasteiger partial charge in [0.2, 0.25) is 0 Å². The van der Waals surface area contributed by atoms with E-state index in [9.17, 15) is 5.11 Å². The van der Waals surface area contributed by atoms with Crippen LogP contribution in [-0.2, 0) is 6.54 Å². The highest BCUT2D eigenvalue weighted by atomic mass is 16.5. The molecule has 0 bridgehead atoms. The molecule has 0 unspecified atom stereocenters. The zero-order valence-corrected chi connectivity index (χ0v) is 13.4. The van der Waals surface area contributed by atoms with E-state index in [0.29, 0.717) is 13.0 Å². The van der Waals surface area contributed by atoms with Gasteiger partial charge < -0.3 is 14.4 Å². The Morgan fingerprint density at radius 1 is 1.09 bits per heavy atom. The Kier molecular flexibility index (Phi) is 4.93. The second-order valence-corrected chi connectivity index (χ2v) is 5.55. The molecule has 3 rings (SSSR count). The fourth-order valence-electron chi connectivity index (χ4n) is 2.70. The molecule has 0 saturated heterocycles. The van der Waals surface area contributed by atoms with E-state index in [1.807, 2.05) is 61.5 Å². The molecule has 120 valence electrons. The third kappa shape index (κ3) is 3.54. The second kappa shape index (κ2) is 7.29. The van der Waals surface area contributed by atoms with Gasteiger partial charge in [-0.05, 0) is 37.1 Å². The Labute approximate surface area is 136 Å². The molecule has 0 aliphatic heterocycles. The van der Waals surface area contributed by atoms with Gasteiger partial charge >= 0.3 is 0 Å². The van der Waals surface area contributed by atoms with Crippen LogP contribution in [0.5, 0.6) is 5.75 Å². The van der Waals surface area contributed by atoms with Crippen molar-refractivity contribution < 1.29 is 9.84 Å². The normalized spacial score (nSPS) is 12.4. The van der Waals surface area contributed by atoms with Crippen molar-refractivity contribution in [2.45, 2.75) is 32.4 Å². The Bertz CT molecular complexity index is 752. The lowest BCUT2D eigenvalue weighted by atomic mass is 10.2. The van der Waals surface area contributed by atoms with Gasteiger partial charge in [0, 0.05) is 6.54 Å². The number of imidazole rings is 1. The number of aryl methyl sites for hydroxylation is 1. The fraction of sp³-hybridized carbons (Fsp3) is 0.316. The van der Waals surface area contributed by atoms with E-state index in [0.717, 1.165) is 35.6 Å². The molecule has 3 aromatic rings. The number of ether oxygens (including phenoxy) is 1. The van der Waals surface area contributed by atoms with Crippen molar-refractivity contribution in [1.29, 1.82) is 0 Å². The summed E-state index contributed by atoms with van der Waals surface area (Å²) in [5.41, 5.74) is 1.99. The van der Waals surface area contributed by atoms with Crippen LogP contribution < -0.4 is 4.74 Å². The van der Waals surface area contributed by atoms with Crippen molar-refractivity contribution in [3.63, 3.8) is 0 Å². The summed E-state index contributed by atoms with van der Waals surface area (Å²) < 4.78 is 7.86. The molecule has 0 aliphatic rings. The zero-order chi connectivity index (χ0) is 16.1. The molecule has 0 saturated carbocycles. The number of aliphatic hydroxyl groups excluding tert-OH is 1. The second-order valence-electron chi connectivity index (χ2n) is 5.55. The number of fused-ring (bicyclic) bond motifs is 1. The third-order valence-corrected chi connectivity index (χ3v) is 3.91. The van der Waals surface area contributed by atoms with E-state index < -0.39 is 6.10 Å². The van der Waals surface area contributed by atoms with Crippen LogP contribution >= 0.6 is 0 Å². The molecule has 0 amide bonds. The maximum absolute atomic E-state index is 10.2. The number of rotatable bonds is 7. The summed E-state index contributed by atoms with van der Waals surface area (Å²) in [6, 6.07) is 17.8. The largest absolute Gasteiger partial charge is 0.494 e. The Hall–Kier alpha value is -2.33. The number of aromatic nitrogens is 2. The number of aliphatic hydroxyl groups is 1. The molecule has 4 heteroatoms. The first-order chi connectivity index (χ1) is 11.3. The highest BCUT2D eigenvalue weighted by Gasteiger charge is 2.16. The first-order valence-electron chi connectivity index (χ1n) is 8.10. The van der Waals surface area contributed by atoms with Gasteiger partial charge in [0.25, 0.3) is 0 Å². The van der Waals surface area contributed by atoms with Crippen molar-refractivity contribution in [3.8, 4) is 5.75 Å². The van der Waals surface area contributed by atoms with Crippen LogP contribution in [0, 0.1) is 0 Å². The van der Waals surface area contributed by atoms with Gasteiger partial charge in [-0.2, -0.15) is 0 Å². The number of para-hydroxylation sites is 3. The first kappa shape index (κ1) is 15.6. The van der Waals surface area contributed by atoms with E-state index in [1.54, 1.807) is 0 Å². The molecule has 0 radical (unpaired) electrons. The topological polar surface area (TPSA) is 47.3 Å². The van der Waals surface area contributed by atoms with Gasteiger partial charge in [-0.25, -0.2) is 4.98 Å². The van der Waals surface area contributed by atoms with Crippen LogP contribution in [0.2, 0.25) is 0 Å². The molecule has 0 spiro atoms. The van der Waals surface area contributed by atoms with Crippen LogP contribution in [0.15, 0.2) is 54.6 Å². The first-order valence-corrected chi connectivity index (χ1v) is 8.10. The number of benzene rings is 2. The lowest BCUT2D eigenvalue weighted by molar-refractivity contribution is 0.158. The lowest BCUT2D eigenvalue weighted by Gasteiger charge is -2.13. The third-order valence-electron chi connectivity index (χ3n) is 3.91. The maximum Gasteiger partial charge on any atom is 0.138 e. The van der Waals surface area contributed by atoms with Crippen LogP contribution in [0.3, 0.4) is 0 Å². The molecule has 1 atom stereocenters. The Balaban J connectivity index is 1.71. The number of hydrogen-bond donors (Lipinski definition) is 1. The summed E-state index contributed by atoms with van der Waals surface area (Å²) in [5, 5.41) is 10.2. The average Bonchev–Trinajstić information content (AvgIpc) is 2.98. The highest BCUT2D eigenvalue weighted by molar-refractivity contribution is 5.76. The minimum Gasteiger partial charge on any atom is -0.494 e. The summed E-state index contributed by atoms with van der Waals surface area (Å²) in [7, 11) is 0. The Morgan fingerprint density at radius 2 is 1.83 bits per heavy atom. The fourth-order valence-corrected chi connectivity index (χ4v) is 2.70. The van der Waals surface area contributed by atoms with Crippen molar-refractivity contribution in [2.24, 2.45) is 0 Å². The molecule has 1 N–H and O–H groups in total. The molecule has 0 fully saturated rings. The molecular formula is C19H22N2O2. The maximum atomic E-state index is 10.2. The van der Waals surface area contributed by atoms with Gasteiger partial charge in [0.05, 0.1) is 17.6 Å². The SMILES string of the molecule is CC[C@H](O)c1nc2ccccc2n1CCCOc1ccccc1. The zero-order valence-electron chi connectivity index (χ0n) is 13.4. The van der Waals surface area contributed by atoms with E-state index in [-0.39, 0.29) is 0 Å². The number of nitrogens with zero attached hydrogens (tertiary/aromatic N) is 2. The van der Waals surface area contributed by atoms with Crippen molar-refractivity contribution in [3.05, 3.63) is 60.4 Å². The van der Waals surface area contributed by atoms with Gasteiger partial charge in [0.15, 0.2) is 0 Å². The molecule has 4 nitrogen and oxygen atoms in total. The van der Waals surface area contributed by atoms with E-state index in [4.69, 9.17) is 4.74 Å². The van der Waals surface area contributed by atoms with Crippen LogP contribution in [0.4, 0.5) is 0 Å². The van der Waals surface area contributed by atoms with Gasteiger partial charge in [0.1, 0.15) is 17.7 Å². The minimum absolute atomic E-state index is 0.530. The summed E-state index contributed by atoms with van der Waals surface area (Å²) in [6.45, 7) is 3.38. The van der Waals surface area contributed by atoms with Crippen molar-refractivity contribution in [1.82, 2.24) is 9.55 Å². The smallest absolute Gasteiger partial charge is 0.138 e. The van der Waals surface area contributed by atoms with E-state index in [1.165, 1.54) is 0 Å². The standard InChI is InChI=1S/C19H22N2O2/c1-2-18(22)19-20-16-11-6-7-12-17(16)21(19)13-8-14-23-15-9-4-3-5-10-15/h3-7,9-12,18,22H,2,8,13-14H2,1H3/t18-/m0/s1. The van der Waals surface area contributed by atoms with E-state index >= 15 is 0 Å².